The maximum atomic E-state index is 4.56. The summed E-state index contributed by atoms with van der Waals surface area (Å²) in [5.74, 6) is 1.73. The van der Waals surface area contributed by atoms with Crippen LogP contribution < -0.4 is 5.32 Å². The van der Waals surface area contributed by atoms with Gasteiger partial charge in [0, 0.05) is 38.1 Å². The average molecular weight is 456 g/mol. The Morgan fingerprint density at radius 2 is 2.00 bits per heavy atom. The van der Waals surface area contributed by atoms with Crippen molar-refractivity contribution in [2.45, 2.75) is 51.6 Å². The molecule has 2 fully saturated rings. The second-order valence-electron chi connectivity index (χ2n) is 7.11. The van der Waals surface area contributed by atoms with Gasteiger partial charge < -0.3 is 10.2 Å². The van der Waals surface area contributed by atoms with Gasteiger partial charge >= 0.3 is 0 Å². The van der Waals surface area contributed by atoms with E-state index in [1.807, 2.05) is 7.05 Å². The molecule has 3 unspecified atom stereocenters. The molecule has 2 aliphatic rings. The van der Waals surface area contributed by atoms with Crippen LogP contribution in [0.5, 0.6) is 0 Å². The van der Waals surface area contributed by atoms with E-state index in [0.717, 1.165) is 32.1 Å². The van der Waals surface area contributed by atoms with Crippen molar-refractivity contribution in [2.24, 2.45) is 4.99 Å². The number of benzene rings is 1. The number of rotatable bonds is 5. The van der Waals surface area contributed by atoms with E-state index in [1.165, 1.54) is 24.0 Å². The van der Waals surface area contributed by atoms with Crippen LogP contribution in [0.1, 0.15) is 43.7 Å². The minimum Gasteiger partial charge on any atom is -0.353 e. The summed E-state index contributed by atoms with van der Waals surface area (Å²) in [6, 6.07) is 9.98. The van der Waals surface area contributed by atoms with Crippen LogP contribution in [0.15, 0.2) is 29.3 Å². The van der Waals surface area contributed by atoms with E-state index in [-0.39, 0.29) is 24.0 Å². The number of hydrogen-bond acceptors (Lipinski definition) is 2. The summed E-state index contributed by atoms with van der Waals surface area (Å²) in [6.07, 6.45) is 2.46. The lowest BCUT2D eigenvalue weighted by Crippen LogP contribution is -2.44. The lowest BCUT2D eigenvalue weighted by atomic mass is 10.0. The Balaban J connectivity index is 0.00000225. The summed E-state index contributed by atoms with van der Waals surface area (Å²) >= 11 is 0. The average Bonchev–Trinajstić information content (AvgIpc) is 3.19. The second-order valence-corrected chi connectivity index (χ2v) is 7.11. The molecule has 3 atom stereocenters. The van der Waals surface area contributed by atoms with E-state index < -0.39 is 0 Å². The zero-order chi connectivity index (χ0) is 17.1. The summed E-state index contributed by atoms with van der Waals surface area (Å²) in [6.45, 7) is 11.2. The number of nitrogens with one attached hydrogen (secondary N) is 1. The molecule has 1 N–H and O–H groups in total. The van der Waals surface area contributed by atoms with E-state index in [2.05, 4.69) is 65.1 Å². The molecule has 3 rings (SSSR count). The number of aryl methyl sites for hydroxylation is 1. The molecule has 0 amide bonds. The minimum atomic E-state index is 0. The number of likely N-dealkylation sites (N-methyl/N-ethyl adjacent to an activating group) is 1. The molecule has 25 heavy (non-hydrogen) atoms. The molecule has 0 radical (unpaired) electrons. The standard InChI is InChI=1S/C20H32N4.HI/c1-5-23(6-2)16-11-12-24(14-16)20(21-4)22-19-13-18(19)17-10-8-7-9-15(17)3;/h7-10,16,18-19H,5-6,11-14H2,1-4H3,(H,21,22);1H. The van der Waals surface area contributed by atoms with E-state index in [1.54, 1.807) is 0 Å². The zero-order valence-electron chi connectivity index (χ0n) is 16.0. The van der Waals surface area contributed by atoms with Crippen LogP contribution in [0.4, 0.5) is 0 Å². The van der Waals surface area contributed by atoms with Gasteiger partial charge in [-0.25, -0.2) is 0 Å². The molecule has 1 saturated carbocycles. The topological polar surface area (TPSA) is 30.9 Å². The second kappa shape index (κ2) is 9.21. The van der Waals surface area contributed by atoms with Crippen LogP contribution in [-0.2, 0) is 0 Å². The molecular formula is C20H33IN4. The van der Waals surface area contributed by atoms with E-state index in [0.29, 0.717) is 18.0 Å². The molecule has 5 heteroatoms. The number of halogens is 1. The van der Waals surface area contributed by atoms with Crippen LogP contribution in [-0.4, -0.2) is 61.1 Å². The quantitative estimate of drug-likeness (QED) is 0.418. The summed E-state index contributed by atoms with van der Waals surface area (Å²) < 4.78 is 0. The first-order valence-electron chi connectivity index (χ1n) is 9.45. The number of nitrogens with zero attached hydrogens (tertiary/aromatic N) is 3. The monoisotopic (exact) mass is 456 g/mol. The van der Waals surface area contributed by atoms with Crippen molar-refractivity contribution in [3.8, 4) is 0 Å². The third kappa shape index (κ3) is 4.67. The van der Waals surface area contributed by atoms with E-state index in [4.69, 9.17) is 0 Å². The van der Waals surface area contributed by atoms with Crippen LogP contribution in [0.3, 0.4) is 0 Å². The van der Waals surface area contributed by atoms with Gasteiger partial charge in [0.25, 0.3) is 0 Å². The number of guanidine groups is 1. The molecule has 140 valence electrons. The van der Waals surface area contributed by atoms with Gasteiger partial charge in [0.1, 0.15) is 0 Å². The maximum absolute atomic E-state index is 4.56. The molecule has 0 aromatic heterocycles. The third-order valence-electron chi connectivity index (χ3n) is 5.70. The highest BCUT2D eigenvalue weighted by Gasteiger charge is 2.41. The van der Waals surface area contributed by atoms with Crippen molar-refractivity contribution in [2.75, 3.05) is 33.2 Å². The molecule has 1 saturated heterocycles. The van der Waals surface area contributed by atoms with Crippen molar-refractivity contribution in [1.82, 2.24) is 15.1 Å². The normalized spacial score (nSPS) is 25.9. The summed E-state index contributed by atoms with van der Waals surface area (Å²) in [5, 5.41) is 3.71. The lowest BCUT2D eigenvalue weighted by Gasteiger charge is -2.27. The molecule has 0 bridgehead atoms. The first kappa shape index (κ1) is 20.5. The summed E-state index contributed by atoms with van der Waals surface area (Å²) in [4.78, 5) is 9.57. The predicted octanol–water partition coefficient (Wildman–Crippen LogP) is 3.46. The van der Waals surface area contributed by atoms with Crippen molar-refractivity contribution in [3.63, 3.8) is 0 Å². The highest BCUT2D eigenvalue weighted by molar-refractivity contribution is 14.0. The van der Waals surface area contributed by atoms with Crippen molar-refractivity contribution < 1.29 is 0 Å². The Labute approximate surface area is 170 Å². The Bertz CT molecular complexity index is 585. The molecule has 1 aliphatic carbocycles. The van der Waals surface area contributed by atoms with E-state index in [9.17, 15) is 0 Å². The van der Waals surface area contributed by atoms with Gasteiger partial charge in [-0.05, 0) is 44.0 Å². The molecule has 0 spiro atoms. The SMILES string of the molecule is CCN(CC)C1CCN(C(=NC)NC2CC2c2ccccc2C)C1.I. The van der Waals surface area contributed by atoms with Gasteiger partial charge in [-0.15, -0.1) is 24.0 Å². The molecular weight excluding hydrogens is 423 g/mol. The van der Waals surface area contributed by atoms with Crippen LogP contribution in [0.25, 0.3) is 0 Å². The number of likely N-dealkylation sites (tertiary alicyclic amines) is 1. The lowest BCUT2D eigenvalue weighted by molar-refractivity contribution is 0.223. The molecule has 1 heterocycles. The molecule has 1 aliphatic heterocycles. The van der Waals surface area contributed by atoms with Crippen molar-refractivity contribution in [3.05, 3.63) is 35.4 Å². The Kier molecular flexibility index (Phi) is 7.55. The summed E-state index contributed by atoms with van der Waals surface area (Å²) in [7, 11) is 1.91. The fraction of sp³-hybridized carbons (Fsp3) is 0.650. The third-order valence-corrected chi connectivity index (χ3v) is 5.70. The van der Waals surface area contributed by atoms with Gasteiger partial charge in [-0.2, -0.15) is 0 Å². The van der Waals surface area contributed by atoms with Gasteiger partial charge in [0.15, 0.2) is 5.96 Å². The first-order valence-corrected chi connectivity index (χ1v) is 9.45. The summed E-state index contributed by atoms with van der Waals surface area (Å²) in [5.41, 5.74) is 2.90. The van der Waals surface area contributed by atoms with Crippen LogP contribution in [0, 0.1) is 6.92 Å². The van der Waals surface area contributed by atoms with Gasteiger partial charge in [-0.3, -0.25) is 9.89 Å². The zero-order valence-corrected chi connectivity index (χ0v) is 18.4. The maximum Gasteiger partial charge on any atom is 0.193 e. The molecule has 1 aromatic rings. The first-order chi connectivity index (χ1) is 11.7. The van der Waals surface area contributed by atoms with Crippen LogP contribution in [0.2, 0.25) is 0 Å². The van der Waals surface area contributed by atoms with E-state index >= 15 is 0 Å². The Hall–Kier alpha value is -0.820. The van der Waals surface area contributed by atoms with Gasteiger partial charge in [0.05, 0.1) is 0 Å². The minimum absolute atomic E-state index is 0. The highest BCUT2D eigenvalue weighted by Crippen LogP contribution is 2.42. The largest absolute Gasteiger partial charge is 0.353 e. The number of aliphatic imine (C=N–C) groups is 1. The molecule has 4 nitrogen and oxygen atoms in total. The fourth-order valence-corrected chi connectivity index (χ4v) is 4.14. The predicted molar refractivity (Wildman–Crippen MR) is 117 cm³/mol. The number of hydrogen-bond donors (Lipinski definition) is 1. The Morgan fingerprint density at radius 3 is 2.64 bits per heavy atom. The molecule has 1 aromatic carbocycles. The highest BCUT2D eigenvalue weighted by atomic mass is 127. The van der Waals surface area contributed by atoms with Crippen LogP contribution >= 0.6 is 24.0 Å². The van der Waals surface area contributed by atoms with Crippen molar-refractivity contribution >= 4 is 29.9 Å². The fourth-order valence-electron chi connectivity index (χ4n) is 4.14. The smallest absolute Gasteiger partial charge is 0.193 e. The van der Waals surface area contributed by atoms with Crippen molar-refractivity contribution in [1.29, 1.82) is 0 Å². The Morgan fingerprint density at radius 1 is 1.28 bits per heavy atom. The van der Waals surface area contributed by atoms with Gasteiger partial charge in [0.2, 0.25) is 0 Å². The van der Waals surface area contributed by atoms with Gasteiger partial charge in [-0.1, -0.05) is 38.1 Å².